The predicted octanol–water partition coefficient (Wildman–Crippen LogP) is 15.8. The largest absolute Gasteiger partial charge is 0.307 e. The SMILES string of the molecule is CC(C)(C)c1c(-c2cccc(F)c2)c(N2c3ccccc3Sc3ccccc32)c(C(C)(C)C)c(N2c3ccccc3Sc3ccccc32)c1-c1cccc(F)c1. The number of hydrogen-bond acceptors (Lipinski definition) is 4. The lowest BCUT2D eigenvalue weighted by Gasteiger charge is -2.45. The smallest absolute Gasteiger partial charge is 0.123 e. The maximum Gasteiger partial charge on any atom is 0.123 e. The summed E-state index contributed by atoms with van der Waals surface area (Å²) < 4.78 is 31.5. The summed E-state index contributed by atoms with van der Waals surface area (Å²) in [6.07, 6.45) is 0. The highest BCUT2D eigenvalue weighted by molar-refractivity contribution is 8.00. The Balaban J connectivity index is 1.60. The van der Waals surface area contributed by atoms with Crippen molar-refractivity contribution in [2.45, 2.75) is 72.0 Å². The van der Waals surface area contributed by atoms with Crippen molar-refractivity contribution >= 4 is 57.6 Å². The first-order valence-electron chi connectivity index (χ1n) is 19.0. The molecule has 278 valence electrons. The Kier molecular flexibility index (Phi) is 8.90. The first kappa shape index (κ1) is 36.3. The van der Waals surface area contributed by atoms with Gasteiger partial charge in [0.1, 0.15) is 11.6 Å². The molecule has 0 aliphatic carbocycles. The topological polar surface area (TPSA) is 6.48 Å². The van der Waals surface area contributed by atoms with Crippen LogP contribution < -0.4 is 9.80 Å². The maximum absolute atomic E-state index is 15.8. The fourth-order valence-corrected chi connectivity index (χ4v) is 10.5. The fourth-order valence-electron chi connectivity index (χ4n) is 8.37. The number of nitrogens with zero attached hydrogens (tertiary/aromatic N) is 2. The molecule has 2 aliphatic rings. The van der Waals surface area contributed by atoms with E-state index in [1.54, 1.807) is 47.8 Å². The maximum atomic E-state index is 15.8. The van der Waals surface area contributed by atoms with Crippen LogP contribution in [0.2, 0.25) is 0 Å². The van der Waals surface area contributed by atoms with Crippen LogP contribution in [0.1, 0.15) is 52.7 Å². The third-order valence-corrected chi connectivity index (χ3v) is 12.7. The van der Waals surface area contributed by atoms with E-state index in [1.807, 2.05) is 12.1 Å². The van der Waals surface area contributed by atoms with E-state index in [9.17, 15) is 0 Å². The van der Waals surface area contributed by atoms with Gasteiger partial charge in [0.2, 0.25) is 0 Å². The number of anilines is 6. The molecule has 7 aromatic carbocycles. The highest BCUT2D eigenvalue weighted by atomic mass is 32.2. The molecule has 2 aliphatic heterocycles. The lowest BCUT2D eigenvalue weighted by atomic mass is 9.70. The van der Waals surface area contributed by atoms with E-state index < -0.39 is 10.8 Å². The van der Waals surface area contributed by atoms with Crippen molar-refractivity contribution < 1.29 is 8.78 Å². The van der Waals surface area contributed by atoms with Crippen LogP contribution in [0.3, 0.4) is 0 Å². The van der Waals surface area contributed by atoms with Gasteiger partial charge in [0.05, 0.1) is 34.1 Å². The van der Waals surface area contributed by atoms with Crippen molar-refractivity contribution in [1.29, 1.82) is 0 Å². The van der Waals surface area contributed by atoms with Crippen molar-refractivity contribution in [3.63, 3.8) is 0 Å². The Morgan fingerprint density at radius 2 is 0.714 bits per heavy atom. The molecular formula is C50H42F2N2S2. The number of rotatable bonds is 4. The third-order valence-electron chi connectivity index (χ3n) is 10.5. The van der Waals surface area contributed by atoms with E-state index in [0.29, 0.717) is 0 Å². The first-order chi connectivity index (χ1) is 26.9. The molecule has 7 aromatic rings. The van der Waals surface area contributed by atoms with E-state index in [2.05, 4.69) is 148 Å². The summed E-state index contributed by atoms with van der Waals surface area (Å²) in [5.74, 6) is -0.624. The molecule has 0 saturated heterocycles. The summed E-state index contributed by atoms with van der Waals surface area (Å²) in [7, 11) is 0. The molecule has 0 saturated carbocycles. The molecule has 2 heterocycles. The van der Waals surface area contributed by atoms with Crippen LogP contribution >= 0.6 is 23.5 Å². The number of hydrogen-bond donors (Lipinski definition) is 0. The second-order valence-electron chi connectivity index (χ2n) is 16.5. The molecule has 0 unspecified atom stereocenters. The molecule has 0 radical (unpaired) electrons. The summed E-state index contributed by atoms with van der Waals surface area (Å²) >= 11 is 3.53. The van der Waals surface area contributed by atoms with Crippen molar-refractivity contribution in [3.05, 3.63) is 168 Å². The molecule has 0 aromatic heterocycles. The van der Waals surface area contributed by atoms with E-state index in [1.165, 1.54) is 12.1 Å². The van der Waals surface area contributed by atoms with Gasteiger partial charge in [0, 0.05) is 36.3 Å². The van der Waals surface area contributed by atoms with Crippen LogP contribution in [0, 0.1) is 11.6 Å². The standard InChI is InChI=1S/C50H42F2N2S2/c1-49(2,3)45-43(31-17-15-19-33(51)29-31)47(53-35-21-7-11-25-39(35)55-40-26-12-8-22-36(40)53)46(50(4,5)6)48(44(45)32-18-16-20-34(52)30-32)54-37-23-9-13-27-41(37)56-42-28-14-10-24-38(42)54/h7-30H,1-6H3. The second-order valence-corrected chi connectivity index (χ2v) is 18.6. The van der Waals surface area contributed by atoms with Gasteiger partial charge in [-0.2, -0.15) is 0 Å². The summed E-state index contributed by atoms with van der Waals surface area (Å²) in [6, 6.07) is 48.3. The Morgan fingerprint density at radius 3 is 1.02 bits per heavy atom. The zero-order chi connectivity index (χ0) is 38.9. The van der Waals surface area contributed by atoms with Gasteiger partial charge >= 0.3 is 0 Å². The van der Waals surface area contributed by atoms with E-state index in [0.717, 1.165) is 87.1 Å². The Hall–Kier alpha value is -5.30. The van der Waals surface area contributed by atoms with Crippen LogP contribution in [0.5, 0.6) is 0 Å². The van der Waals surface area contributed by atoms with Crippen LogP contribution in [-0.2, 0) is 10.8 Å². The lowest BCUT2D eigenvalue weighted by Crippen LogP contribution is -2.29. The van der Waals surface area contributed by atoms with Gasteiger partial charge < -0.3 is 9.80 Å². The number of benzene rings is 7. The molecule has 0 atom stereocenters. The highest BCUT2D eigenvalue weighted by Crippen LogP contribution is 2.64. The van der Waals surface area contributed by atoms with E-state index >= 15 is 8.78 Å². The summed E-state index contributed by atoms with van der Waals surface area (Å²) in [4.78, 5) is 9.38. The minimum atomic E-state index is -0.517. The normalized spacial score (nSPS) is 13.5. The third kappa shape index (κ3) is 6.11. The zero-order valence-electron chi connectivity index (χ0n) is 32.3. The monoisotopic (exact) mass is 772 g/mol. The first-order valence-corrected chi connectivity index (χ1v) is 20.6. The summed E-state index contributed by atoms with van der Waals surface area (Å²) in [5.41, 5.74) is 10.6. The number of halogens is 2. The molecule has 6 heteroatoms. The lowest BCUT2D eigenvalue weighted by molar-refractivity contribution is 0.580. The van der Waals surface area contributed by atoms with Crippen LogP contribution in [-0.4, -0.2) is 0 Å². The molecule has 9 rings (SSSR count). The Bertz CT molecular complexity index is 2410. The molecular weight excluding hydrogens is 731 g/mol. The van der Waals surface area contributed by atoms with Crippen molar-refractivity contribution in [1.82, 2.24) is 0 Å². The average molecular weight is 773 g/mol. The number of para-hydroxylation sites is 4. The molecule has 0 bridgehead atoms. The van der Waals surface area contributed by atoms with Gasteiger partial charge in [-0.15, -0.1) is 0 Å². The molecule has 2 nitrogen and oxygen atoms in total. The summed E-state index contributed by atoms with van der Waals surface area (Å²) in [5, 5.41) is 0. The molecule has 56 heavy (non-hydrogen) atoms. The van der Waals surface area contributed by atoms with Gasteiger partial charge in [-0.3, -0.25) is 0 Å². The Labute approximate surface area is 337 Å². The van der Waals surface area contributed by atoms with Gasteiger partial charge in [-0.05, 0) is 100 Å². The van der Waals surface area contributed by atoms with Gasteiger partial charge in [-0.25, -0.2) is 8.78 Å². The molecule has 0 N–H and O–H groups in total. The van der Waals surface area contributed by atoms with E-state index in [-0.39, 0.29) is 11.6 Å². The van der Waals surface area contributed by atoms with Crippen LogP contribution in [0.25, 0.3) is 22.3 Å². The highest BCUT2D eigenvalue weighted by Gasteiger charge is 2.42. The van der Waals surface area contributed by atoms with Crippen LogP contribution in [0.4, 0.5) is 42.9 Å². The van der Waals surface area contributed by atoms with Crippen molar-refractivity contribution in [2.24, 2.45) is 0 Å². The van der Waals surface area contributed by atoms with Crippen LogP contribution in [0.15, 0.2) is 165 Å². The second kappa shape index (κ2) is 13.7. The minimum Gasteiger partial charge on any atom is -0.307 e. The predicted molar refractivity (Wildman–Crippen MR) is 232 cm³/mol. The fraction of sp³-hybridized carbons (Fsp3) is 0.160. The summed E-state index contributed by atoms with van der Waals surface area (Å²) in [6.45, 7) is 13.5. The van der Waals surface area contributed by atoms with Gasteiger partial charge in [0.15, 0.2) is 0 Å². The average Bonchev–Trinajstić information content (AvgIpc) is 3.17. The quantitative estimate of drug-likeness (QED) is 0.176. The molecule has 0 spiro atoms. The Morgan fingerprint density at radius 1 is 0.393 bits per heavy atom. The van der Waals surface area contributed by atoms with Gasteiger partial charge in [-0.1, -0.05) is 138 Å². The van der Waals surface area contributed by atoms with Gasteiger partial charge in [0.25, 0.3) is 0 Å². The molecule has 0 amide bonds. The number of fused-ring (bicyclic) bond motifs is 4. The molecule has 0 fully saturated rings. The van der Waals surface area contributed by atoms with E-state index in [4.69, 9.17) is 0 Å². The minimum absolute atomic E-state index is 0.312. The zero-order valence-corrected chi connectivity index (χ0v) is 34.0. The van der Waals surface area contributed by atoms with Crippen molar-refractivity contribution in [2.75, 3.05) is 9.80 Å². The van der Waals surface area contributed by atoms with Crippen molar-refractivity contribution in [3.8, 4) is 22.3 Å².